The van der Waals surface area contributed by atoms with Gasteiger partial charge in [-0.25, -0.2) is 13.9 Å². The van der Waals surface area contributed by atoms with Crippen molar-refractivity contribution in [3.63, 3.8) is 0 Å². The first-order valence-corrected chi connectivity index (χ1v) is 6.78. The summed E-state index contributed by atoms with van der Waals surface area (Å²) in [5, 5.41) is 13.5. The number of rotatable bonds is 3. The van der Waals surface area contributed by atoms with Gasteiger partial charge in [0.2, 0.25) is 0 Å². The number of benzene rings is 2. The van der Waals surface area contributed by atoms with Gasteiger partial charge in [-0.3, -0.25) is 0 Å². The van der Waals surface area contributed by atoms with Gasteiger partial charge in [0.15, 0.2) is 5.69 Å². The fraction of sp³-hybridized carbons (Fsp3) is 0. The molecule has 1 aromatic heterocycles. The van der Waals surface area contributed by atoms with Gasteiger partial charge in [-0.1, -0.05) is 41.9 Å². The lowest BCUT2D eigenvalue weighted by Gasteiger charge is -2.05. The van der Waals surface area contributed by atoms with Crippen LogP contribution in [0.3, 0.4) is 0 Å². The van der Waals surface area contributed by atoms with Crippen molar-refractivity contribution in [3.8, 4) is 16.9 Å². The second-order valence-electron chi connectivity index (χ2n) is 4.60. The van der Waals surface area contributed by atoms with E-state index < -0.39 is 11.8 Å². The molecule has 6 heteroatoms. The van der Waals surface area contributed by atoms with Gasteiger partial charge in [-0.2, -0.15) is 5.10 Å². The average molecular weight is 317 g/mol. The number of aromatic carboxylic acids is 1. The van der Waals surface area contributed by atoms with Crippen LogP contribution in [-0.4, -0.2) is 20.9 Å². The minimum Gasteiger partial charge on any atom is -0.477 e. The van der Waals surface area contributed by atoms with Crippen LogP contribution in [0, 0.1) is 5.82 Å². The molecule has 0 radical (unpaired) electrons. The lowest BCUT2D eigenvalue weighted by molar-refractivity contribution is 0.0687. The van der Waals surface area contributed by atoms with Crippen LogP contribution in [0.2, 0.25) is 5.02 Å². The number of aromatic nitrogens is 2. The number of halogens is 2. The van der Waals surface area contributed by atoms with Crippen LogP contribution < -0.4 is 0 Å². The second kappa shape index (κ2) is 5.61. The Morgan fingerprint density at radius 2 is 1.86 bits per heavy atom. The van der Waals surface area contributed by atoms with E-state index in [1.54, 1.807) is 0 Å². The summed E-state index contributed by atoms with van der Waals surface area (Å²) < 4.78 is 14.5. The summed E-state index contributed by atoms with van der Waals surface area (Å²) in [5.74, 6) is -1.70. The third-order valence-corrected chi connectivity index (χ3v) is 3.44. The summed E-state index contributed by atoms with van der Waals surface area (Å²) in [6, 6.07) is 14.6. The lowest BCUT2D eigenvalue weighted by atomic mass is 10.1. The third-order valence-electron chi connectivity index (χ3n) is 3.15. The SMILES string of the molecule is O=C(O)c1cc(-c2ccccc2)nn1-c1ccc(F)c(Cl)c1. The van der Waals surface area contributed by atoms with E-state index in [1.165, 1.54) is 28.9 Å². The fourth-order valence-corrected chi connectivity index (χ4v) is 2.27. The highest BCUT2D eigenvalue weighted by atomic mass is 35.5. The maximum Gasteiger partial charge on any atom is 0.354 e. The Bertz CT molecular complexity index is 847. The molecule has 2 aromatic carbocycles. The maximum absolute atomic E-state index is 13.3. The van der Waals surface area contributed by atoms with Crippen LogP contribution in [0.4, 0.5) is 4.39 Å². The number of hydrogen-bond acceptors (Lipinski definition) is 2. The van der Waals surface area contributed by atoms with E-state index in [9.17, 15) is 14.3 Å². The van der Waals surface area contributed by atoms with E-state index in [2.05, 4.69) is 5.10 Å². The van der Waals surface area contributed by atoms with Crippen LogP contribution in [0.25, 0.3) is 16.9 Å². The Hall–Kier alpha value is -2.66. The summed E-state index contributed by atoms with van der Waals surface area (Å²) in [5.41, 5.74) is 1.66. The lowest BCUT2D eigenvalue weighted by Crippen LogP contribution is -2.08. The Morgan fingerprint density at radius 3 is 2.50 bits per heavy atom. The topological polar surface area (TPSA) is 55.1 Å². The smallest absolute Gasteiger partial charge is 0.354 e. The van der Waals surface area contributed by atoms with Crippen LogP contribution in [0.15, 0.2) is 54.6 Å². The van der Waals surface area contributed by atoms with Gasteiger partial charge >= 0.3 is 5.97 Å². The first kappa shape index (κ1) is 14.3. The minimum absolute atomic E-state index is 0.0264. The van der Waals surface area contributed by atoms with Crippen molar-refractivity contribution in [3.05, 3.63) is 71.1 Å². The highest BCUT2D eigenvalue weighted by Gasteiger charge is 2.17. The zero-order valence-electron chi connectivity index (χ0n) is 11.2. The molecule has 4 nitrogen and oxygen atoms in total. The predicted octanol–water partition coefficient (Wildman–Crippen LogP) is 4.03. The highest BCUT2D eigenvalue weighted by molar-refractivity contribution is 6.30. The van der Waals surface area contributed by atoms with E-state index in [0.717, 1.165) is 5.56 Å². The molecule has 3 aromatic rings. The Kier molecular flexibility index (Phi) is 3.65. The molecule has 1 heterocycles. The van der Waals surface area contributed by atoms with Crippen molar-refractivity contribution in [2.24, 2.45) is 0 Å². The van der Waals surface area contributed by atoms with Crippen molar-refractivity contribution in [2.75, 3.05) is 0 Å². The summed E-state index contributed by atoms with van der Waals surface area (Å²) >= 11 is 5.76. The number of carboxylic acids is 1. The Labute approximate surface area is 130 Å². The van der Waals surface area contributed by atoms with Crippen LogP contribution in [-0.2, 0) is 0 Å². The number of carbonyl (C=O) groups is 1. The molecule has 0 saturated carbocycles. The molecule has 0 unspecified atom stereocenters. The molecule has 0 aliphatic heterocycles. The van der Waals surface area contributed by atoms with Gasteiger partial charge in [-0.05, 0) is 24.3 Å². The van der Waals surface area contributed by atoms with Crippen molar-refractivity contribution in [2.45, 2.75) is 0 Å². The first-order valence-electron chi connectivity index (χ1n) is 6.40. The van der Waals surface area contributed by atoms with Gasteiger partial charge in [0.05, 0.1) is 16.4 Å². The molecule has 0 fully saturated rings. The van der Waals surface area contributed by atoms with Crippen LogP contribution in [0.5, 0.6) is 0 Å². The first-order chi connectivity index (χ1) is 10.6. The third kappa shape index (κ3) is 2.58. The molecule has 0 aliphatic rings. The van der Waals surface area contributed by atoms with Gasteiger partial charge in [0.25, 0.3) is 0 Å². The van der Waals surface area contributed by atoms with Crippen molar-refractivity contribution in [1.82, 2.24) is 9.78 Å². The van der Waals surface area contributed by atoms with Crippen LogP contribution in [0.1, 0.15) is 10.5 Å². The molecule has 0 atom stereocenters. The molecule has 22 heavy (non-hydrogen) atoms. The van der Waals surface area contributed by atoms with Gasteiger partial charge in [0, 0.05) is 5.56 Å². The Balaban J connectivity index is 2.16. The normalized spacial score (nSPS) is 10.6. The summed E-state index contributed by atoms with van der Waals surface area (Å²) in [6.07, 6.45) is 0. The molecule has 0 bridgehead atoms. The molecule has 0 spiro atoms. The van der Waals surface area contributed by atoms with E-state index in [4.69, 9.17) is 11.6 Å². The van der Waals surface area contributed by atoms with Gasteiger partial charge in [-0.15, -0.1) is 0 Å². The molecule has 0 aliphatic carbocycles. The molecule has 3 rings (SSSR count). The van der Waals surface area contributed by atoms with Crippen molar-refractivity contribution >= 4 is 17.6 Å². The molecular formula is C16H10ClFN2O2. The van der Waals surface area contributed by atoms with Gasteiger partial charge in [0.1, 0.15) is 5.82 Å². The summed E-state index contributed by atoms with van der Waals surface area (Å²) in [6.45, 7) is 0. The van der Waals surface area contributed by atoms with E-state index in [0.29, 0.717) is 11.4 Å². The fourth-order valence-electron chi connectivity index (χ4n) is 2.10. The van der Waals surface area contributed by atoms with E-state index in [-0.39, 0.29) is 10.7 Å². The average Bonchev–Trinajstić information content (AvgIpc) is 2.96. The predicted molar refractivity (Wildman–Crippen MR) is 80.9 cm³/mol. The van der Waals surface area contributed by atoms with E-state index in [1.807, 2.05) is 30.3 Å². The quantitative estimate of drug-likeness (QED) is 0.793. The molecule has 0 amide bonds. The largest absolute Gasteiger partial charge is 0.477 e. The zero-order valence-corrected chi connectivity index (χ0v) is 12.0. The zero-order chi connectivity index (χ0) is 15.7. The highest BCUT2D eigenvalue weighted by Crippen LogP contribution is 2.24. The van der Waals surface area contributed by atoms with Gasteiger partial charge < -0.3 is 5.11 Å². The molecular weight excluding hydrogens is 307 g/mol. The van der Waals surface area contributed by atoms with E-state index >= 15 is 0 Å². The number of hydrogen-bond donors (Lipinski definition) is 1. The Morgan fingerprint density at radius 1 is 1.14 bits per heavy atom. The number of nitrogens with zero attached hydrogens (tertiary/aromatic N) is 2. The van der Waals surface area contributed by atoms with Crippen molar-refractivity contribution < 1.29 is 14.3 Å². The number of carboxylic acid groups (broad SMARTS) is 1. The van der Waals surface area contributed by atoms with Crippen LogP contribution >= 0.6 is 11.6 Å². The minimum atomic E-state index is -1.13. The molecule has 1 N–H and O–H groups in total. The molecule has 110 valence electrons. The van der Waals surface area contributed by atoms with Crippen molar-refractivity contribution in [1.29, 1.82) is 0 Å². The maximum atomic E-state index is 13.3. The monoisotopic (exact) mass is 316 g/mol. The summed E-state index contributed by atoms with van der Waals surface area (Å²) in [4.78, 5) is 11.4. The standard InChI is InChI=1S/C16H10ClFN2O2/c17-12-8-11(6-7-13(12)18)20-15(16(21)22)9-14(19-20)10-4-2-1-3-5-10/h1-9H,(H,21,22). The summed E-state index contributed by atoms with van der Waals surface area (Å²) in [7, 11) is 0. The second-order valence-corrected chi connectivity index (χ2v) is 5.00. The molecule has 0 saturated heterocycles.